The van der Waals surface area contributed by atoms with Gasteiger partial charge in [-0.25, -0.2) is 4.99 Å². The average molecular weight is 556 g/mol. The van der Waals surface area contributed by atoms with Crippen molar-refractivity contribution < 1.29 is 9.52 Å². The third-order valence-corrected chi connectivity index (χ3v) is 5.78. The number of nitrogens with one attached hydrogen (secondary N) is 2. The smallest absolute Gasteiger partial charge is 0.191 e. The Morgan fingerprint density at radius 2 is 1.81 bits per heavy atom. The van der Waals surface area contributed by atoms with Gasteiger partial charge in [0.05, 0.1) is 6.54 Å². The van der Waals surface area contributed by atoms with E-state index < -0.39 is 5.60 Å². The summed E-state index contributed by atoms with van der Waals surface area (Å²) in [5, 5.41) is 17.4. The highest BCUT2D eigenvalue weighted by molar-refractivity contribution is 14.0. The highest BCUT2D eigenvalue weighted by Gasteiger charge is 2.27. The van der Waals surface area contributed by atoms with Gasteiger partial charge in [0.15, 0.2) is 5.96 Å². The molecule has 3 N–H and O–H groups in total. The number of hydrogen-bond donors (Lipinski definition) is 3. The number of guanidine groups is 1. The van der Waals surface area contributed by atoms with Gasteiger partial charge in [0.25, 0.3) is 0 Å². The number of rotatable bonds is 8. The molecule has 2 atom stereocenters. The standard InChI is InChI=1S/C24H37N5O2.HI/c1-5-25-23(27-18-24(4,30)22-12-11-20(3)31-22)26-17-19(2)28-13-15-29(16-14-28)21-9-7-6-8-10-21;/h6-12,19,30H,5,13-18H2,1-4H3,(H2,25,26,27);1H. The van der Waals surface area contributed by atoms with Crippen molar-refractivity contribution in [3.63, 3.8) is 0 Å². The number of aliphatic hydroxyl groups is 1. The lowest BCUT2D eigenvalue weighted by Crippen LogP contribution is -2.53. The zero-order valence-electron chi connectivity index (χ0n) is 19.7. The lowest BCUT2D eigenvalue weighted by molar-refractivity contribution is 0.0428. The van der Waals surface area contributed by atoms with E-state index in [-0.39, 0.29) is 30.5 Å². The summed E-state index contributed by atoms with van der Waals surface area (Å²) in [4.78, 5) is 9.55. The fourth-order valence-corrected chi connectivity index (χ4v) is 3.81. The Kier molecular flexibility index (Phi) is 10.3. The summed E-state index contributed by atoms with van der Waals surface area (Å²) in [5.41, 5.74) is 0.156. The van der Waals surface area contributed by atoms with Crippen LogP contribution in [0.5, 0.6) is 0 Å². The first-order chi connectivity index (χ1) is 14.9. The summed E-state index contributed by atoms with van der Waals surface area (Å²) in [6, 6.07) is 14.7. The van der Waals surface area contributed by atoms with Gasteiger partial charge in [0.2, 0.25) is 0 Å². The predicted octanol–water partition coefficient (Wildman–Crippen LogP) is 3.18. The SMILES string of the molecule is CCNC(=NCC(C)(O)c1ccc(C)o1)NCC(C)N1CCN(c2ccccc2)CC1.I. The maximum Gasteiger partial charge on any atom is 0.191 e. The van der Waals surface area contributed by atoms with Crippen LogP contribution in [0.25, 0.3) is 0 Å². The Balaban J connectivity index is 0.00000363. The number of piperazine rings is 1. The molecule has 1 aliphatic rings. The summed E-state index contributed by atoms with van der Waals surface area (Å²) in [5.74, 6) is 2.03. The van der Waals surface area contributed by atoms with Crippen molar-refractivity contribution in [2.45, 2.75) is 39.3 Å². The minimum Gasteiger partial charge on any atom is -0.463 e. The lowest BCUT2D eigenvalue weighted by Gasteiger charge is -2.39. The van der Waals surface area contributed by atoms with Crippen LogP contribution in [0.4, 0.5) is 5.69 Å². The summed E-state index contributed by atoms with van der Waals surface area (Å²) in [6.07, 6.45) is 0. The number of nitrogens with zero attached hydrogens (tertiary/aromatic N) is 3. The van der Waals surface area contributed by atoms with E-state index in [0.717, 1.165) is 45.0 Å². The van der Waals surface area contributed by atoms with Crippen molar-refractivity contribution in [1.29, 1.82) is 0 Å². The van der Waals surface area contributed by atoms with Crippen LogP contribution in [0, 0.1) is 6.92 Å². The summed E-state index contributed by atoms with van der Waals surface area (Å²) in [7, 11) is 0. The molecule has 1 fully saturated rings. The van der Waals surface area contributed by atoms with Crippen LogP contribution in [0.2, 0.25) is 0 Å². The molecule has 0 bridgehead atoms. The number of halogens is 1. The van der Waals surface area contributed by atoms with E-state index in [2.05, 4.69) is 62.7 Å². The van der Waals surface area contributed by atoms with Crippen LogP contribution in [-0.2, 0) is 5.60 Å². The molecule has 1 saturated heterocycles. The van der Waals surface area contributed by atoms with Gasteiger partial charge in [-0.2, -0.15) is 0 Å². The molecule has 32 heavy (non-hydrogen) atoms. The van der Waals surface area contributed by atoms with E-state index in [1.165, 1.54) is 5.69 Å². The molecule has 0 saturated carbocycles. The fourth-order valence-electron chi connectivity index (χ4n) is 3.81. The topological polar surface area (TPSA) is 76.3 Å². The largest absolute Gasteiger partial charge is 0.463 e. The summed E-state index contributed by atoms with van der Waals surface area (Å²) in [6.45, 7) is 13.8. The lowest BCUT2D eigenvalue weighted by atomic mass is 10.0. The summed E-state index contributed by atoms with van der Waals surface area (Å²) < 4.78 is 5.59. The Morgan fingerprint density at radius 1 is 1.12 bits per heavy atom. The molecule has 1 aliphatic heterocycles. The van der Waals surface area contributed by atoms with Crippen LogP contribution in [0.15, 0.2) is 51.9 Å². The molecule has 0 amide bonds. The average Bonchev–Trinajstić information content (AvgIpc) is 3.23. The fraction of sp³-hybridized carbons (Fsp3) is 0.542. The third kappa shape index (κ3) is 7.38. The number of hydrogen-bond acceptors (Lipinski definition) is 5. The van der Waals surface area contributed by atoms with E-state index in [1.54, 1.807) is 6.92 Å². The first-order valence-corrected chi connectivity index (χ1v) is 11.2. The molecule has 1 aromatic heterocycles. The second kappa shape index (κ2) is 12.5. The Bertz CT molecular complexity index is 832. The highest BCUT2D eigenvalue weighted by Crippen LogP contribution is 2.23. The second-order valence-electron chi connectivity index (χ2n) is 8.47. The first kappa shape index (κ1) is 26.5. The number of benzene rings is 1. The maximum absolute atomic E-state index is 10.7. The monoisotopic (exact) mass is 555 g/mol. The van der Waals surface area contributed by atoms with Crippen LogP contribution in [0.1, 0.15) is 32.3 Å². The van der Waals surface area contributed by atoms with E-state index in [0.29, 0.717) is 17.8 Å². The van der Waals surface area contributed by atoms with Gasteiger partial charge in [-0.15, -0.1) is 24.0 Å². The van der Waals surface area contributed by atoms with Crippen molar-refractivity contribution in [3.8, 4) is 0 Å². The van der Waals surface area contributed by atoms with Crippen LogP contribution >= 0.6 is 24.0 Å². The highest BCUT2D eigenvalue weighted by atomic mass is 127. The van der Waals surface area contributed by atoms with Crippen molar-refractivity contribution in [3.05, 3.63) is 54.0 Å². The first-order valence-electron chi connectivity index (χ1n) is 11.2. The molecule has 7 nitrogen and oxygen atoms in total. The van der Waals surface area contributed by atoms with Crippen molar-refractivity contribution in [2.24, 2.45) is 4.99 Å². The number of furan rings is 1. The molecule has 0 radical (unpaired) electrons. The predicted molar refractivity (Wildman–Crippen MR) is 142 cm³/mol. The molecule has 2 heterocycles. The van der Waals surface area contributed by atoms with Gasteiger partial charge in [0, 0.05) is 51.0 Å². The number of aryl methyl sites for hydroxylation is 1. The van der Waals surface area contributed by atoms with Crippen molar-refractivity contribution in [1.82, 2.24) is 15.5 Å². The number of aliphatic imine (C=N–C) groups is 1. The molecule has 2 unspecified atom stereocenters. The number of para-hydroxylation sites is 1. The maximum atomic E-state index is 10.7. The van der Waals surface area contributed by atoms with Crippen LogP contribution in [0.3, 0.4) is 0 Å². The number of anilines is 1. The Morgan fingerprint density at radius 3 is 2.41 bits per heavy atom. The third-order valence-electron chi connectivity index (χ3n) is 5.78. The van der Waals surface area contributed by atoms with Gasteiger partial charge in [-0.05, 0) is 52.0 Å². The molecule has 0 aliphatic carbocycles. The molecule has 2 aromatic rings. The minimum absolute atomic E-state index is 0. The molecule has 0 spiro atoms. The van der Waals surface area contributed by atoms with E-state index >= 15 is 0 Å². The van der Waals surface area contributed by atoms with Gasteiger partial charge < -0.3 is 25.1 Å². The Labute approximate surface area is 209 Å². The van der Waals surface area contributed by atoms with Gasteiger partial charge >= 0.3 is 0 Å². The van der Waals surface area contributed by atoms with E-state index in [9.17, 15) is 5.11 Å². The van der Waals surface area contributed by atoms with Crippen molar-refractivity contribution >= 4 is 35.6 Å². The van der Waals surface area contributed by atoms with Crippen LogP contribution in [-0.4, -0.2) is 67.8 Å². The zero-order valence-corrected chi connectivity index (χ0v) is 22.0. The van der Waals surface area contributed by atoms with Gasteiger partial charge in [0.1, 0.15) is 17.1 Å². The normalized spacial score (nSPS) is 17.9. The van der Waals surface area contributed by atoms with E-state index in [1.807, 2.05) is 26.0 Å². The second-order valence-corrected chi connectivity index (χ2v) is 8.47. The molecular weight excluding hydrogens is 517 g/mol. The van der Waals surface area contributed by atoms with Gasteiger partial charge in [-0.3, -0.25) is 4.90 Å². The van der Waals surface area contributed by atoms with E-state index in [4.69, 9.17) is 4.42 Å². The molecule has 178 valence electrons. The molecule has 1 aromatic carbocycles. The summed E-state index contributed by atoms with van der Waals surface area (Å²) >= 11 is 0. The van der Waals surface area contributed by atoms with Gasteiger partial charge in [-0.1, -0.05) is 18.2 Å². The Hall–Kier alpha value is -1.78. The zero-order chi connectivity index (χ0) is 22.3. The molecule has 8 heteroatoms. The quantitative estimate of drug-likeness (QED) is 0.264. The van der Waals surface area contributed by atoms with Crippen molar-refractivity contribution in [2.75, 3.05) is 50.7 Å². The molecular formula is C24H38IN5O2. The molecule has 3 rings (SSSR count). The van der Waals surface area contributed by atoms with Crippen LogP contribution < -0.4 is 15.5 Å². The minimum atomic E-state index is -1.14.